The Kier molecular flexibility index (Phi) is 6.56. The molecule has 0 saturated heterocycles. The third-order valence-corrected chi connectivity index (χ3v) is 6.62. The van der Waals surface area contributed by atoms with E-state index in [0.29, 0.717) is 40.6 Å². The minimum atomic E-state index is -0.531. The number of hydrogen-bond acceptors (Lipinski definition) is 8. The van der Waals surface area contributed by atoms with Gasteiger partial charge in [0.2, 0.25) is 5.95 Å². The lowest BCUT2D eigenvalue weighted by atomic mass is 9.96. The fourth-order valence-electron chi connectivity index (χ4n) is 4.50. The van der Waals surface area contributed by atoms with Gasteiger partial charge in [0.15, 0.2) is 0 Å². The molecule has 9 heteroatoms. The largest absolute Gasteiger partial charge is 0.383 e. The lowest BCUT2D eigenvalue weighted by molar-refractivity contribution is 0.260. The van der Waals surface area contributed by atoms with Gasteiger partial charge in [0.05, 0.1) is 34.1 Å². The molecule has 5 rings (SSSR count). The number of nitrogens with zero attached hydrogens (tertiary/aromatic N) is 4. The van der Waals surface area contributed by atoms with Gasteiger partial charge in [-0.3, -0.25) is 9.99 Å². The molecule has 1 atom stereocenters. The van der Waals surface area contributed by atoms with E-state index < -0.39 is 12.0 Å². The first-order valence-electron chi connectivity index (χ1n) is 12.7. The molecule has 3 aromatic rings. The van der Waals surface area contributed by atoms with Crippen LogP contribution in [0.2, 0.25) is 0 Å². The van der Waals surface area contributed by atoms with Crippen LogP contribution in [0.5, 0.6) is 0 Å². The minimum Gasteiger partial charge on any atom is -0.383 e. The van der Waals surface area contributed by atoms with Crippen molar-refractivity contribution in [1.29, 1.82) is 5.26 Å². The number of nitrogens with one attached hydrogen (secondary N) is 4. The lowest BCUT2D eigenvalue weighted by Crippen LogP contribution is -2.38. The first kappa shape index (κ1) is 25.3. The van der Waals surface area contributed by atoms with Gasteiger partial charge < -0.3 is 16.1 Å². The van der Waals surface area contributed by atoms with E-state index in [4.69, 9.17) is 6.42 Å². The summed E-state index contributed by atoms with van der Waals surface area (Å²) in [6.45, 7) is 8.88. The average molecular weight is 511 g/mol. The van der Waals surface area contributed by atoms with E-state index in [0.717, 1.165) is 35.2 Å². The second-order valence-corrected chi connectivity index (χ2v) is 11.0. The van der Waals surface area contributed by atoms with E-state index in [1.54, 1.807) is 25.3 Å². The summed E-state index contributed by atoms with van der Waals surface area (Å²) in [5, 5.41) is 19.9. The van der Waals surface area contributed by atoms with Crippen molar-refractivity contribution in [2.75, 3.05) is 17.2 Å². The van der Waals surface area contributed by atoms with Gasteiger partial charge in [-0.05, 0) is 43.4 Å². The van der Waals surface area contributed by atoms with Gasteiger partial charge in [-0.1, -0.05) is 32.8 Å². The van der Waals surface area contributed by atoms with Crippen LogP contribution in [0.25, 0.3) is 10.9 Å². The molecule has 2 aliphatic rings. The normalized spacial score (nSPS) is 15.9. The molecule has 0 spiro atoms. The molecule has 0 radical (unpaired) electrons. The zero-order chi connectivity index (χ0) is 27.0. The van der Waals surface area contributed by atoms with Crippen LogP contribution >= 0.6 is 0 Å². The molecule has 38 heavy (non-hydrogen) atoms. The molecular weight excluding hydrogens is 479 g/mol. The van der Waals surface area contributed by atoms with E-state index in [1.165, 1.54) is 6.07 Å². The first-order valence-corrected chi connectivity index (χ1v) is 12.7. The fourth-order valence-corrected chi connectivity index (χ4v) is 4.50. The van der Waals surface area contributed by atoms with Gasteiger partial charge in [0.25, 0.3) is 0 Å². The maximum Gasteiger partial charge on any atom is 0.213 e. The van der Waals surface area contributed by atoms with Crippen molar-refractivity contribution in [1.82, 2.24) is 25.9 Å². The number of aromatic nitrogens is 2. The zero-order valence-electron chi connectivity index (χ0n) is 22.0. The Morgan fingerprint density at radius 1 is 1.26 bits per heavy atom. The maximum atomic E-state index is 13.9. The third-order valence-electron chi connectivity index (χ3n) is 6.62. The Labute approximate surface area is 222 Å². The summed E-state index contributed by atoms with van der Waals surface area (Å²) in [4.78, 5) is 8.57. The molecule has 3 heterocycles. The summed E-state index contributed by atoms with van der Waals surface area (Å²) in [5.41, 5.74) is 11.8. The average Bonchev–Trinajstić information content (AvgIpc) is 3.61. The molecule has 0 unspecified atom stereocenters. The van der Waals surface area contributed by atoms with Crippen LogP contribution in [0, 0.1) is 42.0 Å². The van der Waals surface area contributed by atoms with Gasteiger partial charge in [-0.2, -0.15) is 9.65 Å². The number of rotatable bonds is 7. The van der Waals surface area contributed by atoms with E-state index in [9.17, 15) is 9.65 Å². The Balaban J connectivity index is 1.61. The van der Waals surface area contributed by atoms with Crippen molar-refractivity contribution in [2.24, 2.45) is 5.41 Å². The monoisotopic (exact) mass is 510 g/mol. The van der Waals surface area contributed by atoms with Crippen LogP contribution in [0.3, 0.4) is 0 Å². The summed E-state index contributed by atoms with van der Waals surface area (Å²) >= 11 is 0. The summed E-state index contributed by atoms with van der Waals surface area (Å²) in [6, 6.07) is 9.17. The number of pyridine rings is 2. The Morgan fingerprint density at radius 3 is 2.71 bits per heavy atom. The Hall–Kier alpha value is -4.34. The SMILES string of the molecule is C#Cc1cnc2c(C#N)cc(N[C@H](C3=CN(C4CC4)NN3)c3ccc(F)nc3C)cc2c1NCC(C)(C)C. The Morgan fingerprint density at radius 2 is 2.05 bits per heavy atom. The predicted molar refractivity (Wildman–Crippen MR) is 147 cm³/mol. The van der Waals surface area contributed by atoms with Crippen molar-refractivity contribution < 1.29 is 4.39 Å². The highest BCUT2D eigenvalue weighted by molar-refractivity contribution is 5.99. The number of hydrogen-bond donors (Lipinski definition) is 4. The van der Waals surface area contributed by atoms with Crippen molar-refractivity contribution in [3.8, 4) is 18.4 Å². The first-order chi connectivity index (χ1) is 18.2. The molecule has 194 valence electrons. The van der Waals surface area contributed by atoms with Crippen molar-refractivity contribution in [3.63, 3.8) is 0 Å². The molecule has 8 nitrogen and oxygen atoms in total. The highest BCUT2D eigenvalue weighted by Gasteiger charge is 2.33. The number of halogens is 1. The molecule has 0 bridgehead atoms. The topological polar surface area (TPSA) is 101 Å². The predicted octanol–water partition coefficient (Wildman–Crippen LogP) is 4.87. The second kappa shape index (κ2) is 9.85. The molecule has 4 N–H and O–H groups in total. The fraction of sp³-hybridized carbons (Fsp3) is 0.345. The number of nitriles is 1. The van der Waals surface area contributed by atoms with Crippen LogP contribution in [0.1, 0.15) is 62.0 Å². The number of terminal acetylenes is 1. The molecular formula is C29H31FN8. The van der Waals surface area contributed by atoms with Crippen LogP contribution in [0.15, 0.2) is 42.4 Å². The summed E-state index contributed by atoms with van der Waals surface area (Å²) in [5.74, 6) is 2.19. The smallest absolute Gasteiger partial charge is 0.213 e. The number of anilines is 2. The van der Waals surface area contributed by atoms with Gasteiger partial charge in [-0.25, -0.2) is 4.98 Å². The van der Waals surface area contributed by atoms with Crippen LogP contribution < -0.4 is 21.6 Å². The van der Waals surface area contributed by atoms with Gasteiger partial charge >= 0.3 is 0 Å². The number of fused-ring (bicyclic) bond motifs is 1. The highest BCUT2D eigenvalue weighted by Crippen LogP contribution is 2.36. The molecule has 1 aromatic carbocycles. The van der Waals surface area contributed by atoms with Gasteiger partial charge in [-0.15, -0.1) is 12.0 Å². The molecule has 1 saturated carbocycles. The molecule has 1 aliphatic carbocycles. The van der Waals surface area contributed by atoms with Crippen molar-refractivity contribution in [3.05, 3.63) is 70.7 Å². The van der Waals surface area contributed by atoms with Crippen LogP contribution in [0.4, 0.5) is 15.8 Å². The van der Waals surface area contributed by atoms with E-state index in [1.807, 2.05) is 12.3 Å². The van der Waals surface area contributed by atoms with Gasteiger partial charge in [0, 0.05) is 47.3 Å². The Bertz CT molecular complexity index is 1500. The summed E-state index contributed by atoms with van der Waals surface area (Å²) in [7, 11) is 0. The molecule has 2 aromatic heterocycles. The molecule has 0 amide bonds. The van der Waals surface area contributed by atoms with Gasteiger partial charge in [0.1, 0.15) is 6.07 Å². The lowest BCUT2D eigenvalue weighted by Gasteiger charge is -2.24. The minimum absolute atomic E-state index is 0.00857. The molecule has 1 fully saturated rings. The molecule has 1 aliphatic heterocycles. The quantitative estimate of drug-likeness (QED) is 0.264. The summed E-state index contributed by atoms with van der Waals surface area (Å²) < 4.78 is 13.9. The van der Waals surface area contributed by atoms with Crippen LogP contribution in [-0.2, 0) is 0 Å². The van der Waals surface area contributed by atoms with Crippen molar-refractivity contribution in [2.45, 2.75) is 52.6 Å². The summed E-state index contributed by atoms with van der Waals surface area (Å²) in [6.07, 6.45) is 11.7. The number of hydrazine groups is 2. The van der Waals surface area contributed by atoms with E-state index in [2.05, 4.69) is 69.3 Å². The third kappa shape index (κ3) is 5.20. The highest BCUT2D eigenvalue weighted by atomic mass is 19.1. The van der Waals surface area contributed by atoms with Crippen LogP contribution in [-0.4, -0.2) is 27.6 Å². The number of benzene rings is 1. The van der Waals surface area contributed by atoms with Crippen molar-refractivity contribution >= 4 is 22.3 Å². The standard InChI is InChI=1S/C29H31FN8/c1-6-18-14-32-27-19(13-31)11-20(12-23(27)26(18)33-16-29(3,4)5)35-28(22-9-10-25(30)34-17(22)2)24-15-38(37-36-24)21-7-8-21/h1,9-12,14-15,21,28,35-37H,7-8,16H2,2-5H3,(H,32,33)/t28-/m0/s1. The number of aryl methyl sites for hydroxylation is 1. The maximum absolute atomic E-state index is 13.9. The second-order valence-electron chi connectivity index (χ2n) is 11.0. The van der Waals surface area contributed by atoms with E-state index >= 15 is 0 Å². The van der Waals surface area contributed by atoms with E-state index in [-0.39, 0.29) is 5.41 Å². The zero-order valence-corrected chi connectivity index (χ0v) is 22.0.